The summed E-state index contributed by atoms with van der Waals surface area (Å²) >= 11 is 6.38. The number of nitrogens with zero attached hydrogens (tertiary/aromatic N) is 3. The van der Waals surface area contributed by atoms with Crippen LogP contribution < -0.4 is 11.3 Å². The maximum atomic E-state index is 6.38. The van der Waals surface area contributed by atoms with E-state index in [-0.39, 0.29) is 6.04 Å². The Labute approximate surface area is 130 Å². The largest absolute Gasteiger partial charge is 0.271 e. The predicted octanol–water partition coefficient (Wildman–Crippen LogP) is 2.57. The molecule has 0 aliphatic rings. The minimum atomic E-state index is -0.0833. The number of hydrogen-bond donors (Lipinski definition) is 2. The first-order chi connectivity index (χ1) is 10.1. The minimum Gasteiger partial charge on any atom is -0.271 e. The zero-order valence-corrected chi connectivity index (χ0v) is 13.5. The summed E-state index contributed by atoms with van der Waals surface area (Å²) in [4.78, 5) is 4.49. The molecule has 0 saturated heterocycles. The molecule has 0 fully saturated rings. The Morgan fingerprint density at radius 1 is 1.43 bits per heavy atom. The van der Waals surface area contributed by atoms with E-state index in [4.69, 9.17) is 17.4 Å². The second kappa shape index (κ2) is 7.02. The van der Waals surface area contributed by atoms with Crippen LogP contribution in [0.1, 0.15) is 42.5 Å². The molecule has 0 spiro atoms. The standard InChI is InChI=1S/C15H22ClN5/c1-4-11-7-6-8-18-15(11)12(19-17)9-13-14(16)10(3)20-21(13)5-2/h6-8,12,19H,4-5,9,17H2,1-3H3. The lowest BCUT2D eigenvalue weighted by molar-refractivity contribution is 0.504. The number of aryl methyl sites for hydroxylation is 3. The summed E-state index contributed by atoms with van der Waals surface area (Å²) in [5.74, 6) is 5.76. The topological polar surface area (TPSA) is 68.8 Å². The van der Waals surface area contributed by atoms with Crippen molar-refractivity contribution in [3.63, 3.8) is 0 Å². The highest BCUT2D eigenvalue weighted by molar-refractivity contribution is 6.31. The monoisotopic (exact) mass is 307 g/mol. The van der Waals surface area contributed by atoms with Crippen molar-refractivity contribution >= 4 is 11.6 Å². The SMILES string of the molecule is CCc1cccnc1C(Cc1c(Cl)c(C)nn1CC)NN. The molecule has 114 valence electrons. The van der Waals surface area contributed by atoms with Crippen LogP contribution in [0.4, 0.5) is 0 Å². The molecule has 1 atom stereocenters. The van der Waals surface area contributed by atoms with Crippen molar-refractivity contribution in [3.8, 4) is 0 Å². The lowest BCUT2D eigenvalue weighted by atomic mass is 10.0. The molecule has 0 amide bonds. The number of hydrazine groups is 1. The molecule has 5 nitrogen and oxygen atoms in total. The van der Waals surface area contributed by atoms with Gasteiger partial charge in [0.2, 0.25) is 0 Å². The molecule has 3 N–H and O–H groups in total. The van der Waals surface area contributed by atoms with Crippen LogP contribution in [0, 0.1) is 6.92 Å². The molecule has 0 bridgehead atoms. The van der Waals surface area contributed by atoms with E-state index in [1.165, 1.54) is 5.56 Å². The fourth-order valence-electron chi connectivity index (χ4n) is 2.56. The number of hydrogen-bond acceptors (Lipinski definition) is 4. The van der Waals surface area contributed by atoms with Gasteiger partial charge in [0.25, 0.3) is 0 Å². The number of nitrogens with two attached hydrogens (primary N) is 1. The van der Waals surface area contributed by atoms with Crippen molar-refractivity contribution in [2.75, 3.05) is 0 Å². The fourth-order valence-corrected chi connectivity index (χ4v) is 2.77. The zero-order valence-electron chi connectivity index (χ0n) is 12.7. The minimum absolute atomic E-state index is 0.0833. The highest BCUT2D eigenvalue weighted by Crippen LogP contribution is 2.26. The Hall–Kier alpha value is -1.43. The van der Waals surface area contributed by atoms with Crippen LogP contribution >= 0.6 is 11.6 Å². The third-order valence-corrected chi connectivity index (χ3v) is 4.18. The van der Waals surface area contributed by atoms with Gasteiger partial charge in [0.1, 0.15) is 0 Å². The summed E-state index contributed by atoms with van der Waals surface area (Å²) in [6.45, 7) is 6.86. The maximum Gasteiger partial charge on any atom is 0.0847 e. The third kappa shape index (κ3) is 3.26. The van der Waals surface area contributed by atoms with Gasteiger partial charge in [0.05, 0.1) is 28.1 Å². The van der Waals surface area contributed by atoms with Crippen molar-refractivity contribution in [2.24, 2.45) is 5.84 Å². The molecule has 0 aliphatic carbocycles. The van der Waals surface area contributed by atoms with E-state index in [2.05, 4.69) is 35.4 Å². The van der Waals surface area contributed by atoms with Crippen molar-refractivity contribution in [1.82, 2.24) is 20.2 Å². The summed E-state index contributed by atoms with van der Waals surface area (Å²) in [7, 11) is 0. The highest BCUT2D eigenvalue weighted by atomic mass is 35.5. The van der Waals surface area contributed by atoms with Gasteiger partial charge in [-0.25, -0.2) is 0 Å². The normalized spacial score (nSPS) is 12.6. The first-order valence-electron chi connectivity index (χ1n) is 7.24. The van der Waals surface area contributed by atoms with Crippen LogP contribution in [0.2, 0.25) is 5.02 Å². The van der Waals surface area contributed by atoms with Crippen LogP contribution in [0.25, 0.3) is 0 Å². The van der Waals surface area contributed by atoms with E-state index in [1.54, 1.807) is 6.20 Å². The van der Waals surface area contributed by atoms with Gasteiger partial charge in [0.15, 0.2) is 0 Å². The highest BCUT2D eigenvalue weighted by Gasteiger charge is 2.21. The molecule has 6 heteroatoms. The Bertz CT molecular complexity index is 608. The van der Waals surface area contributed by atoms with Gasteiger partial charge in [-0.05, 0) is 31.9 Å². The van der Waals surface area contributed by atoms with E-state index in [1.807, 2.05) is 17.7 Å². The van der Waals surface area contributed by atoms with E-state index in [9.17, 15) is 0 Å². The first-order valence-corrected chi connectivity index (χ1v) is 7.61. The predicted molar refractivity (Wildman–Crippen MR) is 85.0 cm³/mol. The van der Waals surface area contributed by atoms with Crippen LogP contribution in [-0.2, 0) is 19.4 Å². The number of nitrogens with one attached hydrogen (secondary N) is 1. The Balaban J connectivity index is 2.36. The van der Waals surface area contributed by atoms with Gasteiger partial charge in [-0.1, -0.05) is 24.6 Å². The summed E-state index contributed by atoms with van der Waals surface area (Å²) in [5, 5.41) is 5.16. The van der Waals surface area contributed by atoms with Crippen molar-refractivity contribution in [1.29, 1.82) is 0 Å². The van der Waals surface area contributed by atoms with Crippen molar-refractivity contribution < 1.29 is 0 Å². The summed E-state index contributed by atoms with van der Waals surface area (Å²) in [6.07, 6.45) is 3.37. The second-order valence-corrected chi connectivity index (χ2v) is 5.36. The molecule has 21 heavy (non-hydrogen) atoms. The average molecular weight is 308 g/mol. The molecule has 2 rings (SSSR count). The molecule has 2 heterocycles. The van der Waals surface area contributed by atoms with E-state index >= 15 is 0 Å². The molecular formula is C15H22ClN5. The Morgan fingerprint density at radius 2 is 2.19 bits per heavy atom. The Morgan fingerprint density at radius 3 is 2.81 bits per heavy atom. The fraction of sp³-hybridized carbons (Fsp3) is 0.467. The molecule has 2 aromatic rings. The lowest BCUT2D eigenvalue weighted by Crippen LogP contribution is -2.31. The van der Waals surface area contributed by atoms with E-state index < -0.39 is 0 Å². The summed E-state index contributed by atoms with van der Waals surface area (Å²) in [5.41, 5.74) is 6.87. The molecule has 0 aliphatic heterocycles. The third-order valence-electron chi connectivity index (χ3n) is 3.69. The van der Waals surface area contributed by atoms with Gasteiger partial charge in [0, 0.05) is 19.2 Å². The van der Waals surface area contributed by atoms with Crippen molar-refractivity contribution in [3.05, 3.63) is 46.0 Å². The molecule has 2 aromatic heterocycles. The van der Waals surface area contributed by atoms with Gasteiger partial charge in [-0.2, -0.15) is 5.10 Å². The summed E-state index contributed by atoms with van der Waals surface area (Å²) < 4.78 is 1.93. The quantitative estimate of drug-likeness (QED) is 0.636. The summed E-state index contributed by atoms with van der Waals surface area (Å²) in [6, 6.07) is 3.94. The van der Waals surface area contributed by atoms with E-state index in [0.717, 1.165) is 30.0 Å². The zero-order chi connectivity index (χ0) is 15.4. The van der Waals surface area contributed by atoms with Gasteiger partial charge in [-0.3, -0.25) is 20.9 Å². The second-order valence-electron chi connectivity index (χ2n) is 4.99. The number of rotatable bonds is 6. The first kappa shape index (κ1) is 15.9. The average Bonchev–Trinajstić information content (AvgIpc) is 2.79. The number of aromatic nitrogens is 3. The molecule has 1 unspecified atom stereocenters. The van der Waals surface area contributed by atoms with Crippen molar-refractivity contribution in [2.45, 2.75) is 46.2 Å². The molecule has 0 saturated carbocycles. The van der Waals surface area contributed by atoms with Crippen LogP contribution in [0.3, 0.4) is 0 Å². The number of halogens is 1. The lowest BCUT2D eigenvalue weighted by Gasteiger charge is -2.19. The van der Waals surface area contributed by atoms with Crippen LogP contribution in [0.5, 0.6) is 0 Å². The molecular weight excluding hydrogens is 286 g/mol. The van der Waals surface area contributed by atoms with Crippen LogP contribution in [-0.4, -0.2) is 14.8 Å². The Kier molecular flexibility index (Phi) is 5.33. The number of pyridine rings is 1. The van der Waals surface area contributed by atoms with Crippen LogP contribution in [0.15, 0.2) is 18.3 Å². The van der Waals surface area contributed by atoms with Gasteiger partial charge in [-0.15, -0.1) is 0 Å². The maximum absolute atomic E-state index is 6.38. The molecule has 0 radical (unpaired) electrons. The van der Waals surface area contributed by atoms with Gasteiger partial charge >= 0.3 is 0 Å². The smallest absolute Gasteiger partial charge is 0.0847 e. The van der Waals surface area contributed by atoms with E-state index in [0.29, 0.717) is 11.4 Å². The molecule has 0 aromatic carbocycles. The van der Waals surface area contributed by atoms with Gasteiger partial charge < -0.3 is 0 Å².